The number of imidazole rings is 1. The van der Waals surface area contributed by atoms with Crippen molar-refractivity contribution in [2.75, 3.05) is 26.2 Å². The first-order valence-corrected chi connectivity index (χ1v) is 13.9. The van der Waals surface area contributed by atoms with E-state index in [0.717, 1.165) is 52.4 Å². The molecule has 2 aromatic heterocycles. The molecule has 0 unspecified atom stereocenters. The average molecular weight is 573 g/mol. The van der Waals surface area contributed by atoms with E-state index in [1.54, 1.807) is 12.1 Å². The molecule has 0 saturated carbocycles. The zero-order valence-electron chi connectivity index (χ0n) is 21.9. The molecule has 202 valence electrons. The number of carbonyl (C=O) groups excluding carboxylic acids is 1. The van der Waals surface area contributed by atoms with Crippen molar-refractivity contribution in [2.24, 2.45) is 0 Å². The van der Waals surface area contributed by atoms with Gasteiger partial charge in [0.1, 0.15) is 11.5 Å². The van der Waals surface area contributed by atoms with Crippen molar-refractivity contribution in [1.82, 2.24) is 19.2 Å². The smallest absolute Gasteiger partial charge is 0.253 e. The van der Waals surface area contributed by atoms with E-state index in [9.17, 15) is 9.18 Å². The Kier molecular flexibility index (Phi) is 7.32. The molecule has 0 aliphatic carbocycles. The third kappa shape index (κ3) is 5.35. The Labute approximate surface area is 242 Å². The minimum absolute atomic E-state index is 0.0701. The lowest BCUT2D eigenvalue weighted by molar-refractivity contribution is 0.0627. The highest BCUT2D eigenvalue weighted by atomic mass is 35.5. The third-order valence-corrected chi connectivity index (χ3v) is 7.95. The number of hydrogen-bond acceptors (Lipinski definition) is 3. The number of aryl methyl sites for hydroxylation is 1. The van der Waals surface area contributed by atoms with Crippen LogP contribution in [0.2, 0.25) is 10.0 Å². The first kappa shape index (κ1) is 26.5. The molecule has 0 bridgehead atoms. The van der Waals surface area contributed by atoms with Crippen molar-refractivity contribution in [1.29, 1.82) is 0 Å². The molecule has 3 heterocycles. The summed E-state index contributed by atoms with van der Waals surface area (Å²) in [5, 5.41) is 1.39. The first-order chi connectivity index (χ1) is 19.4. The van der Waals surface area contributed by atoms with E-state index in [2.05, 4.69) is 28.5 Å². The summed E-state index contributed by atoms with van der Waals surface area (Å²) >= 11 is 12.4. The van der Waals surface area contributed by atoms with E-state index < -0.39 is 0 Å². The highest BCUT2D eigenvalue weighted by molar-refractivity contribution is 6.31. The molecule has 5 nitrogen and oxygen atoms in total. The maximum absolute atomic E-state index is 13.3. The van der Waals surface area contributed by atoms with E-state index >= 15 is 0 Å². The van der Waals surface area contributed by atoms with Crippen LogP contribution in [0.1, 0.15) is 21.6 Å². The number of rotatable bonds is 5. The fourth-order valence-electron chi connectivity index (χ4n) is 5.29. The Balaban J connectivity index is 1.31. The minimum atomic E-state index is -0.347. The molecule has 0 atom stereocenters. The van der Waals surface area contributed by atoms with Crippen LogP contribution in [0.3, 0.4) is 0 Å². The van der Waals surface area contributed by atoms with Gasteiger partial charge < -0.3 is 9.30 Å². The molecule has 3 aromatic carbocycles. The number of pyridine rings is 1. The summed E-state index contributed by atoms with van der Waals surface area (Å²) in [6.45, 7) is 5.36. The van der Waals surface area contributed by atoms with Gasteiger partial charge in [-0.3, -0.25) is 9.69 Å². The number of amides is 1. The summed E-state index contributed by atoms with van der Waals surface area (Å²) in [4.78, 5) is 22.1. The van der Waals surface area contributed by atoms with Crippen LogP contribution in [-0.2, 0) is 6.54 Å². The molecule has 8 heteroatoms. The summed E-state index contributed by atoms with van der Waals surface area (Å²) < 4.78 is 15.5. The molecular formula is C32H27Cl2FN4O. The molecule has 0 N–H and O–H groups in total. The van der Waals surface area contributed by atoms with Gasteiger partial charge in [-0.15, -0.1) is 0 Å². The molecule has 0 spiro atoms. The van der Waals surface area contributed by atoms with Gasteiger partial charge in [-0.25, -0.2) is 9.37 Å². The predicted octanol–water partition coefficient (Wildman–Crippen LogP) is 7.38. The number of fused-ring (bicyclic) bond motifs is 1. The highest BCUT2D eigenvalue weighted by Crippen LogP contribution is 2.31. The molecule has 6 rings (SSSR count). The lowest BCUT2D eigenvalue weighted by Gasteiger charge is -2.34. The molecular weight excluding hydrogens is 546 g/mol. The molecule has 40 heavy (non-hydrogen) atoms. The number of piperazine rings is 1. The number of aromatic nitrogens is 2. The van der Waals surface area contributed by atoms with Gasteiger partial charge in [0.15, 0.2) is 0 Å². The van der Waals surface area contributed by atoms with Crippen LogP contribution < -0.4 is 0 Å². The number of benzene rings is 3. The van der Waals surface area contributed by atoms with Crippen molar-refractivity contribution < 1.29 is 9.18 Å². The second kappa shape index (κ2) is 11.0. The Morgan fingerprint density at radius 2 is 1.52 bits per heavy atom. The SMILES string of the molecule is Cc1cc(Cl)ccc1-c1ccc2nc(-c3ccc(Cl)cc3)c(CN3CCN(C(=O)c4ccc(F)cc4)CC3)n2c1. The van der Waals surface area contributed by atoms with E-state index in [1.807, 2.05) is 53.4 Å². The van der Waals surface area contributed by atoms with Gasteiger partial charge in [0.2, 0.25) is 0 Å². The zero-order chi connectivity index (χ0) is 27.8. The maximum atomic E-state index is 13.3. The summed E-state index contributed by atoms with van der Waals surface area (Å²) in [6.07, 6.45) is 2.14. The van der Waals surface area contributed by atoms with Gasteiger partial charge in [-0.05, 0) is 84.3 Å². The van der Waals surface area contributed by atoms with E-state index in [0.29, 0.717) is 35.2 Å². The van der Waals surface area contributed by atoms with Crippen molar-refractivity contribution in [2.45, 2.75) is 13.5 Å². The molecule has 5 aromatic rings. The number of carbonyl (C=O) groups is 1. The predicted molar refractivity (Wildman–Crippen MR) is 158 cm³/mol. The van der Waals surface area contributed by atoms with Gasteiger partial charge in [0.25, 0.3) is 5.91 Å². The van der Waals surface area contributed by atoms with Gasteiger partial charge in [-0.1, -0.05) is 41.4 Å². The minimum Gasteiger partial charge on any atom is -0.336 e. The standard InChI is InChI=1S/C32H27Cl2FN4O/c1-21-18-26(34)9-12-28(21)24-6-13-30-36-31(22-2-7-25(33)8-3-22)29(39(30)19-24)20-37-14-16-38(17-15-37)32(40)23-4-10-27(35)11-5-23/h2-13,18-19H,14-17,20H2,1H3. The van der Waals surface area contributed by atoms with Crippen LogP contribution in [-0.4, -0.2) is 51.3 Å². The van der Waals surface area contributed by atoms with Gasteiger partial charge >= 0.3 is 0 Å². The van der Waals surface area contributed by atoms with Crippen molar-refractivity contribution in [3.05, 3.63) is 118 Å². The summed E-state index contributed by atoms with van der Waals surface area (Å²) in [6, 6.07) is 23.6. The van der Waals surface area contributed by atoms with Crippen LogP contribution in [0, 0.1) is 12.7 Å². The van der Waals surface area contributed by atoms with Crippen LogP contribution >= 0.6 is 23.2 Å². The van der Waals surface area contributed by atoms with Crippen LogP contribution in [0.5, 0.6) is 0 Å². The van der Waals surface area contributed by atoms with Crippen molar-refractivity contribution in [3.8, 4) is 22.4 Å². The second-order valence-electron chi connectivity index (χ2n) is 10.1. The zero-order valence-corrected chi connectivity index (χ0v) is 23.5. The molecule has 1 saturated heterocycles. The Bertz CT molecular complexity index is 1690. The molecule has 1 aliphatic rings. The Morgan fingerprint density at radius 1 is 0.850 bits per heavy atom. The molecule has 1 amide bonds. The second-order valence-corrected chi connectivity index (χ2v) is 11.0. The topological polar surface area (TPSA) is 40.9 Å². The average Bonchev–Trinajstić information content (AvgIpc) is 3.31. The summed E-state index contributed by atoms with van der Waals surface area (Å²) in [5.41, 5.74) is 7.65. The lowest BCUT2D eigenvalue weighted by atomic mass is 10.0. The fourth-order valence-corrected chi connectivity index (χ4v) is 5.64. The Morgan fingerprint density at radius 3 is 2.23 bits per heavy atom. The summed E-state index contributed by atoms with van der Waals surface area (Å²) in [7, 11) is 0. The van der Waals surface area contributed by atoms with Crippen LogP contribution in [0.25, 0.3) is 28.0 Å². The van der Waals surface area contributed by atoms with E-state index in [-0.39, 0.29) is 11.7 Å². The normalized spacial score (nSPS) is 14.2. The lowest BCUT2D eigenvalue weighted by Crippen LogP contribution is -2.48. The van der Waals surface area contributed by atoms with Gasteiger partial charge in [0.05, 0.1) is 11.4 Å². The van der Waals surface area contributed by atoms with Gasteiger partial charge in [-0.2, -0.15) is 0 Å². The van der Waals surface area contributed by atoms with Crippen LogP contribution in [0.4, 0.5) is 4.39 Å². The van der Waals surface area contributed by atoms with Gasteiger partial charge in [0, 0.05) is 60.1 Å². The monoisotopic (exact) mass is 572 g/mol. The first-order valence-electron chi connectivity index (χ1n) is 13.2. The third-order valence-electron chi connectivity index (χ3n) is 7.46. The molecule has 1 fully saturated rings. The number of nitrogens with zero attached hydrogens (tertiary/aromatic N) is 4. The Hall–Kier alpha value is -3.71. The molecule has 1 aliphatic heterocycles. The van der Waals surface area contributed by atoms with Crippen molar-refractivity contribution >= 4 is 34.8 Å². The number of halogens is 3. The van der Waals surface area contributed by atoms with E-state index in [1.165, 1.54) is 12.1 Å². The quantitative estimate of drug-likeness (QED) is 0.220. The van der Waals surface area contributed by atoms with E-state index in [4.69, 9.17) is 28.2 Å². The van der Waals surface area contributed by atoms with Crippen LogP contribution in [0.15, 0.2) is 85.1 Å². The summed E-state index contributed by atoms with van der Waals surface area (Å²) in [5.74, 6) is -0.417. The highest BCUT2D eigenvalue weighted by Gasteiger charge is 2.25. The largest absolute Gasteiger partial charge is 0.336 e. The fraction of sp³-hybridized carbons (Fsp3) is 0.188. The number of hydrogen-bond donors (Lipinski definition) is 0. The maximum Gasteiger partial charge on any atom is 0.253 e. The molecule has 0 radical (unpaired) electrons. The van der Waals surface area contributed by atoms with Crippen molar-refractivity contribution in [3.63, 3.8) is 0 Å².